The van der Waals surface area contributed by atoms with E-state index in [1.54, 1.807) is 6.92 Å². The lowest BCUT2D eigenvalue weighted by Gasteiger charge is -2.32. The first kappa shape index (κ1) is 24.2. The Morgan fingerprint density at radius 3 is 2.29 bits per heavy atom. The highest BCUT2D eigenvalue weighted by atomic mass is 32.2. The Morgan fingerprint density at radius 2 is 1.65 bits per heavy atom. The van der Waals surface area contributed by atoms with E-state index >= 15 is 0 Å². The van der Waals surface area contributed by atoms with Crippen LogP contribution in [0.3, 0.4) is 0 Å². The minimum absolute atomic E-state index is 0.119. The molecule has 0 saturated carbocycles. The van der Waals surface area contributed by atoms with Gasteiger partial charge < -0.3 is 15.0 Å². The zero-order valence-electron chi connectivity index (χ0n) is 19.4. The number of piperidine rings is 1. The molecule has 2 saturated heterocycles. The molecule has 1 unspecified atom stereocenters. The van der Waals surface area contributed by atoms with E-state index in [9.17, 15) is 18.0 Å². The van der Waals surface area contributed by atoms with E-state index < -0.39 is 16.0 Å². The Labute approximate surface area is 200 Å². The molecule has 0 radical (unpaired) electrons. The minimum Gasteiger partial charge on any atom is -0.462 e. The van der Waals surface area contributed by atoms with Crippen LogP contribution in [0.2, 0.25) is 0 Å². The quantitative estimate of drug-likeness (QED) is 0.606. The number of para-hydroxylation sites is 1. The van der Waals surface area contributed by atoms with Crippen LogP contribution in [0.5, 0.6) is 0 Å². The number of nitrogens with zero attached hydrogens (tertiary/aromatic N) is 2. The van der Waals surface area contributed by atoms with Gasteiger partial charge in [-0.25, -0.2) is 13.2 Å². The lowest BCUT2D eigenvalue weighted by Crippen LogP contribution is -2.44. The van der Waals surface area contributed by atoms with Gasteiger partial charge in [-0.15, -0.1) is 0 Å². The normalized spacial score (nSPS) is 19.7. The minimum atomic E-state index is -3.68. The zero-order chi connectivity index (χ0) is 24.1. The molecule has 34 heavy (non-hydrogen) atoms. The van der Waals surface area contributed by atoms with Crippen molar-refractivity contribution in [1.29, 1.82) is 0 Å². The van der Waals surface area contributed by atoms with Crippen molar-refractivity contribution in [1.82, 2.24) is 9.21 Å². The molecule has 9 heteroatoms. The number of nitrogens with one attached hydrogen (secondary N) is 1. The van der Waals surface area contributed by atoms with E-state index in [1.165, 1.54) is 28.6 Å². The Hall–Kier alpha value is -2.91. The smallest absolute Gasteiger partial charge is 0.338 e. The van der Waals surface area contributed by atoms with Gasteiger partial charge >= 0.3 is 5.97 Å². The zero-order valence-corrected chi connectivity index (χ0v) is 20.2. The fraction of sp³-hybridized carbons (Fsp3) is 0.440. The van der Waals surface area contributed by atoms with Crippen molar-refractivity contribution in [3.63, 3.8) is 0 Å². The number of benzene rings is 2. The van der Waals surface area contributed by atoms with E-state index in [-0.39, 0.29) is 29.4 Å². The monoisotopic (exact) mass is 485 g/mol. The summed E-state index contributed by atoms with van der Waals surface area (Å²) in [6.07, 6.45) is 1.91. The van der Waals surface area contributed by atoms with E-state index in [0.29, 0.717) is 44.6 Å². The number of amides is 1. The van der Waals surface area contributed by atoms with Crippen molar-refractivity contribution in [2.75, 3.05) is 38.1 Å². The fourth-order valence-electron chi connectivity index (χ4n) is 4.58. The molecule has 2 aliphatic heterocycles. The van der Waals surface area contributed by atoms with Crippen molar-refractivity contribution in [2.24, 2.45) is 5.92 Å². The Morgan fingerprint density at radius 1 is 0.971 bits per heavy atom. The van der Waals surface area contributed by atoms with Gasteiger partial charge in [0.05, 0.1) is 17.1 Å². The predicted molar refractivity (Wildman–Crippen MR) is 129 cm³/mol. The van der Waals surface area contributed by atoms with E-state index in [1.807, 2.05) is 35.2 Å². The number of anilines is 1. The van der Waals surface area contributed by atoms with Crippen LogP contribution in [-0.2, 0) is 19.6 Å². The van der Waals surface area contributed by atoms with Gasteiger partial charge in [0.15, 0.2) is 0 Å². The van der Waals surface area contributed by atoms with Crippen LogP contribution in [0.1, 0.15) is 36.5 Å². The number of hydrogen-bond acceptors (Lipinski definition) is 6. The number of carbonyl (C=O) groups excluding carboxylic acids is 2. The van der Waals surface area contributed by atoms with Crippen LogP contribution in [0.25, 0.3) is 0 Å². The van der Waals surface area contributed by atoms with E-state index in [2.05, 4.69) is 5.32 Å². The van der Waals surface area contributed by atoms with Crippen LogP contribution < -0.4 is 5.32 Å². The van der Waals surface area contributed by atoms with Gasteiger partial charge in [0.2, 0.25) is 15.9 Å². The van der Waals surface area contributed by atoms with Crippen LogP contribution in [0, 0.1) is 5.92 Å². The summed E-state index contributed by atoms with van der Waals surface area (Å²) >= 11 is 0. The number of ether oxygens (including phenoxy) is 1. The van der Waals surface area contributed by atoms with Gasteiger partial charge in [-0.2, -0.15) is 4.31 Å². The van der Waals surface area contributed by atoms with Crippen molar-refractivity contribution in [2.45, 2.75) is 37.1 Å². The number of esters is 1. The predicted octanol–water partition coefficient (Wildman–Crippen LogP) is 2.98. The Balaban J connectivity index is 1.30. The molecule has 2 fully saturated rings. The van der Waals surface area contributed by atoms with Gasteiger partial charge in [-0.1, -0.05) is 18.2 Å². The number of sulfonamides is 1. The molecule has 2 heterocycles. The third-order valence-corrected chi connectivity index (χ3v) is 8.36. The maximum atomic E-state index is 13.1. The maximum absolute atomic E-state index is 13.1. The fourth-order valence-corrected chi connectivity index (χ4v) is 6.05. The SMILES string of the molecule is CCOC(=O)c1ccc(S(=O)(=O)N2CCC(C(=O)N3CCC(Nc4ccccc4)C3)CC2)cc1. The van der Waals surface area contributed by atoms with Crippen molar-refractivity contribution < 1.29 is 22.7 Å². The molecule has 4 rings (SSSR count). The van der Waals surface area contributed by atoms with E-state index in [0.717, 1.165) is 12.1 Å². The highest BCUT2D eigenvalue weighted by molar-refractivity contribution is 7.89. The summed E-state index contributed by atoms with van der Waals surface area (Å²) in [6.45, 7) is 3.96. The summed E-state index contributed by atoms with van der Waals surface area (Å²) in [5.41, 5.74) is 1.37. The van der Waals surface area contributed by atoms with Crippen molar-refractivity contribution in [3.05, 3.63) is 60.2 Å². The summed E-state index contributed by atoms with van der Waals surface area (Å²) < 4.78 is 32.5. The molecule has 2 aromatic carbocycles. The van der Waals surface area contributed by atoms with Gasteiger partial charge in [-0.3, -0.25) is 4.79 Å². The average Bonchev–Trinajstić information content (AvgIpc) is 3.33. The van der Waals surface area contributed by atoms with Crippen LogP contribution in [-0.4, -0.2) is 68.3 Å². The highest BCUT2D eigenvalue weighted by Crippen LogP contribution is 2.27. The van der Waals surface area contributed by atoms with Gasteiger partial charge in [-0.05, 0) is 62.6 Å². The lowest BCUT2D eigenvalue weighted by atomic mass is 9.96. The molecule has 1 atom stereocenters. The topological polar surface area (TPSA) is 96.0 Å². The molecule has 0 bridgehead atoms. The summed E-state index contributed by atoms with van der Waals surface area (Å²) in [5.74, 6) is -0.518. The number of carbonyl (C=O) groups is 2. The first-order valence-electron chi connectivity index (χ1n) is 11.8. The van der Waals surface area contributed by atoms with Crippen molar-refractivity contribution in [3.8, 4) is 0 Å². The number of likely N-dealkylation sites (tertiary alicyclic amines) is 1. The molecular weight excluding hydrogens is 454 g/mol. The molecule has 0 aromatic heterocycles. The second-order valence-electron chi connectivity index (χ2n) is 8.70. The molecule has 2 aromatic rings. The second-order valence-corrected chi connectivity index (χ2v) is 10.6. The third-order valence-electron chi connectivity index (χ3n) is 6.45. The molecular formula is C25H31N3O5S. The van der Waals surface area contributed by atoms with Crippen LogP contribution in [0.15, 0.2) is 59.5 Å². The summed E-state index contributed by atoms with van der Waals surface area (Å²) in [4.78, 5) is 26.9. The number of hydrogen-bond donors (Lipinski definition) is 1. The molecule has 0 aliphatic carbocycles. The lowest BCUT2D eigenvalue weighted by molar-refractivity contribution is -0.135. The largest absolute Gasteiger partial charge is 0.462 e. The average molecular weight is 486 g/mol. The second kappa shape index (κ2) is 10.6. The summed E-state index contributed by atoms with van der Waals surface area (Å²) in [5, 5.41) is 3.48. The molecule has 1 N–H and O–H groups in total. The Kier molecular flexibility index (Phi) is 7.53. The first-order valence-corrected chi connectivity index (χ1v) is 13.2. The molecule has 1 amide bonds. The van der Waals surface area contributed by atoms with Gasteiger partial charge in [0, 0.05) is 43.8 Å². The van der Waals surface area contributed by atoms with Crippen LogP contribution >= 0.6 is 0 Å². The Bertz CT molecular complexity index is 1100. The van der Waals surface area contributed by atoms with Crippen molar-refractivity contribution >= 4 is 27.6 Å². The third kappa shape index (κ3) is 5.42. The standard InChI is InChI=1S/C25H31N3O5S/c1-2-33-25(30)20-8-10-23(11-9-20)34(31,32)28-16-12-19(13-17-28)24(29)27-15-14-22(18-27)26-21-6-4-3-5-7-21/h3-11,19,22,26H,2,12-18H2,1H3. The first-order chi connectivity index (χ1) is 16.4. The highest BCUT2D eigenvalue weighted by Gasteiger charge is 2.36. The molecule has 0 spiro atoms. The van der Waals surface area contributed by atoms with Gasteiger partial charge in [0.1, 0.15) is 0 Å². The maximum Gasteiger partial charge on any atom is 0.338 e. The molecule has 2 aliphatic rings. The molecule has 182 valence electrons. The summed E-state index contributed by atoms with van der Waals surface area (Å²) in [7, 11) is -3.68. The van der Waals surface area contributed by atoms with E-state index in [4.69, 9.17) is 4.74 Å². The molecule has 8 nitrogen and oxygen atoms in total. The summed E-state index contributed by atoms with van der Waals surface area (Å²) in [6, 6.07) is 16.0. The number of rotatable bonds is 7. The van der Waals surface area contributed by atoms with Gasteiger partial charge in [0.25, 0.3) is 0 Å². The van der Waals surface area contributed by atoms with Crippen LogP contribution in [0.4, 0.5) is 5.69 Å².